The van der Waals surface area contributed by atoms with Gasteiger partial charge in [0.05, 0.1) is 0 Å². The summed E-state index contributed by atoms with van der Waals surface area (Å²) in [4.78, 5) is 24.6. The van der Waals surface area contributed by atoms with Crippen LogP contribution in [0.15, 0.2) is 15.8 Å². The van der Waals surface area contributed by atoms with Crippen LogP contribution >= 0.6 is 0 Å². The number of hydrogen-bond acceptors (Lipinski definition) is 4. The van der Waals surface area contributed by atoms with Crippen molar-refractivity contribution in [3.05, 3.63) is 32.6 Å². The highest BCUT2D eigenvalue weighted by Gasteiger charge is 2.03. The number of aromatic amines is 1. The molecule has 0 unspecified atom stereocenters. The molecule has 1 rings (SSSR count). The predicted octanol–water partition coefficient (Wildman–Crippen LogP) is -0.0390. The first kappa shape index (κ1) is 13.2. The largest absolute Gasteiger partial charge is 0.396 e. The Balaban J connectivity index is 2.63. The van der Waals surface area contributed by atoms with Gasteiger partial charge >= 0.3 is 5.69 Å². The molecule has 0 atom stereocenters. The van der Waals surface area contributed by atoms with E-state index in [0.29, 0.717) is 6.54 Å². The molecular weight excluding hydrogens is 222 g/mol. The maximum Gasteiger partial charge on any atom is 0.328 e. The van der Waals surface area contributed by atoms with Gasteiger partial charge in [0.1, 0.15) is 11.6 Å². The van der Waals surface area contributed by atoms with Crippen LogP contribution < -0.4 is 11.2 Å². The van der Waals surface area contributed by atoms with Crippen LogP contribution in [0.4, 0.5) is 0 Å². The van der Waals surface area contributed by atoms with E-state index in [1.54, 1.807) is 6.07 Å². The second-order valence-corrected chi connectivity index (χ2v) is 3.75. The molecule has 0 radical (unpaired) electrons. The molecule has 0 bridgehead atoms. The standard InChI is InChI=1S/C11H15N3O3/c12-7-9-8-14(11(17)13-10(9)16)5-3-1-2-4-6-15/h8,15H,1-6H2,(H,13,16,17). The van der Waals surface area contributed by atoms with Crippen molar-refractivity contribution in [2.45, 2.75) is 32.2 Å². The molecule has 0 aliphatic heterocycles. The summed E-state index contributed by atoms with van der Waals surface area (Å²) in [6.07, 6.45) is 4.61. The Labute approximate surface area is 98.1 Å². The van der Waals surface area contributed by atoms with Gasteiger partial charge < -0.3 is 5.11 Å². The highest BCUT2D eigenvalue weighted by Crippen LogP contribution is 2.00. The number of aromatic nitrogens is 2. The van der Waals surface area contributed by atoms with Crippen molar-refractivity contribution in [3.63, 3.8) is 0 Å². The molecule has 0 aromatic carbocycles. The number of aryl methyl sites for hydroxylation is 1. The van der Waals surface area contributed by atoms with Crippen LogP contribution in [0.25, 0.3) is 0 Å². The fourth-order valence-corrected chi connectivity index (χ4v) is 1.50. The molecule has 1 aromatic rings. The van der Waals surface area contributed by atoms with E-state index >= 15 is 0 Å². The molecule has 2 N–H and O–H groups in total. The third-order valence-electron chi connectivity index (χ3n) is 2.44. The zero-order chi connectivity index (χ0) is 12.7. The summed E-state index contributed by atoms with van der Waals surface area (Å²) in [6.45, 7) is 0.646. The average molecular weight is 237 g/mol. The lowest BCUT2D eigenvalue weighted by Crippen LogP contribution is -2.31. The molecule has 0 spiro atoms. The van der Waals surface area contributed by atoms with Crippen molar-refractivity contribution in [1.82, 2.24) is 9.55 Å². The highest BCUT2D eigenvalue weighted by molar-refractivity contribution is 5.21. The van der Waals surface area contributed by atoms with E-state index in [4.69, 9.17) is 10.4 Å². The molecule has 0 fully saturated rings. The molecule has 0 saturated heterocycles. The number of hydrogen-bond donors (Lipinski definition) is 2. The van der Waals surface area contributed by atoms with Crippen LogP contribution in [0.2, 0.25) is 0 Å². The Morgan fingerprint density at radius 3 is 2.65 bits per heavy atom. The van der Waals surface area contributed by atoms with Gasteiger partial charge in [-0.15, -0.1) is 0 Å². The fourth-order valence-electron chi connectivity index (χ4n) is 1.50. The topological polar surface area (TPSA) is 98.9 Å². The maximum atomic E-state index is 11.4. The summed E-state index contributed by atoms with van der Waals surface area (Å²) in [5.41, 5.74) is -1.19. The molecule has 6 nitrogen and oxygen atoms in total. The minimum atomic E-state index is -0.644. The van der Waals surface area contributed by atoms with Gasteiger partial charge in [0.2, 0.25) is 0 Å². The van der Waals surface area contributed by atoms with Gasteiger partial charge in [0, 0.05) is 19.3 Å². The van der Waals surface area contributed by atoms with Crippen molar-refractivity contribution in [1.29, 1.82) is 5.26 Å². The van der Waals surface area contributed by atoms with E-state index in [2.05, 4.69) is 4.98 Å². The highest BCUT2D eigenvalue weighted by atomic mass is 16.3. The lowest BCUT2D eigenvalue weighted by molar-refractivity contribution is 0.282. The summed E-state index contributed by atoms with van der Waals surface area (Å²) in [5, 5.41) is 17.3. The second kappa shape index (κ2) is 6.66. The zero-order valence-corrected chi connectivity index (χ0v) is 9.48. The number of unbranched alkanes of at least 4 members (excludes halogenated alkanes) is 3. The number of H-pyrrole nitrogens is 1. The van der Waals surface area contributed by atoms with E-state index < -0.39 is 11.2 Å². The molecule has 92 valence electrons. The van der Waals surface area contributed by atoms with Crippen molar-refractivity contribution in [2.75, 3.05) is 6.61 Å². The van der Waals surface area contributed by atoms with Gasteiger partial charge in [-0.3, -0.25) is 14.3 Å². The smallest absolute Gasteiger partial charge is 0.328 e. The first-order valence-corrected chi connectivity index (χ1v) is 5.53. The van der Waals surface area contributed by atoms with Gasteiger partial charge in [0.15, 0.2) is 0 Å². The summed E-state index contributed by atoms with van der Waals surface area (Å²) in [6, 6.07) is 1.74. The summed E-state index contributed by atoms with van der Waals surface area (Å²) in [5.74, 6) is 0. The SMILES string of the molecule is N#Cc1cn(CCCCCCO)c(=O)[nH]c1=O. The molecule has 1 aromatic heterocycles. The number of nitrogens with zero attached hydrogens (tertiary/aromatic N) is 2. The summed E-state index contributed by atoms with van der Waals surface area (Å²) < 4.78 is 1.33. The first-order valence-electron chi connectivity index (χ1n) is 5.53. The van der Waals surface area contributed by atoms with E-state index in [0.717, 1.165) is 25.7 Å². The molecule has 6 heteroatoms. The zero-order valence-electron chi connectivity index (χ0n) is 9.48. The molecule has 0 aliphatic carbocycles. The van der Waals surface area contributed by atoms with Crippen molar-refractivity contribution >= 4 is 0 Å². The average Bonchev–Trinajstić information content (AvgIpc) is 2.31. The molecule has 0 amide bonds. The number of rotatable bonds is 6. The third-order valence-corrected chi connectivity index (χ3v) is 2.44. The molecule has 17 heavy (non-hydrogen) atoms. The minimum Gasteiger partial charge on any atom is -0.396 e. The van der Waals surface area contributed by atoms with E-state index in [1.165, 1.54) is 10.8 Å². The monoisotopic (exact) mass is 237 g/mol. The molecular formula is C11H15N3O3. The Kier molecular flexibility index (Phi) is 5.17. The van der Waals surface area contributed by atoms with Gasteiger partial charge in [0.25, 0.3) is 5.56 Å². The van der Waals surface area contributed by atoms with Crippen LogP contribution in [0.1, 0.15) is 31.2 Å². The molecule has 0 aliphatic rings. The fraction of sp³-hybridized carbons (Fsp3) is 0.545. The Bertz CT molecular complexity index is 510. The Morgan fingerprint density at radius 2 is 2.00 bits per heavy atom. The molecule has 1 heterocycles. The third kappa shape index (κ3) is 3.89. The van der Waals surface area contributed by atoms with E-state index in [1.807, 2.05) is 0 Å². The lowest BCUT2D eigenvalue weighted by Gasteiger charge is -2.04. The van der Waals surface area contributed by atoms with Crippen LogP contribution in [0.3, 0.4) is 0 Å². The number of nitriles is 1. The van der Waals surface area contributed by atoms with Crippen molar-refractivity contribution in [3.8, 4) is 6.07 Å². The predicted molar refractivity (Wildman–Crippen MR) is 61.6 cm³/mol. The normalized spacial score (nSPS) is 10.1. The van der Waals surface area contributed by atoms with Crippen LogP contribution in [0.5, 0.6) is 0 Å². The quantitative estimate of drug-likeness (QED) is 0.678. The van der Waals surface area contributed by atoms with Crippen LogP contribution in [0, 0.1) is 11.3 Å². The van der Waals surface area contributed by atoms with Gasteiger partial charge in [-0.2, -0.15) is 5.26 Å². The maximum absolute atomic E-state index is 11.4. The van der Waals surface area contributed by atoms with Gasteiger partial charge in [-0.05, 0) is 12.8 Å². The van der Waals surface area contributed by atoms with Crippen LogP contribution in [-0.4, -0.2) is 21.3 Å². The number of nitrogens with one attached hydrogen (secondary N) is 1. The number of aliphatic hydroxyl groups is 1. The Hall–Kier alpha value is -1.87. The summed E-state index contributed by atoms with van der Waals surface area (Å²) >= 11 is 0. The van der Waals surface area contributed by atoms with E-state index in [9.17, 15) is 9.59 Å². The lowest BCUT2D eigenvalue weighted by atomic mass is 10.2. The van der Waals surface area contributed by atoms with Crippen LogP contribution in [-0.2, 0) is 6.54 Å². The Morgan fingerprint density at radius 1 is 1.29 bits per heavy atom. The van der Waals surface area contributed by atoms with Gasteiger partial charge in [-0.25, -0.2) is 4.79 Å². The van der Waals surface area contributed by atoms with E-state index in [-0.39, 0.29) is 12.2 Å². The van der Waals surface area contributed by atoms with Crippen molar-refractivity contribution in [2.24, 2.45) is 0 Å². The second-order valence-electron chi connectivity index (χ2n) is 3.75. The first-order chi connectivity index (χ1) is 8.19. The molecule has 0 saturated carbocycles. The van der Waals surface area contributed by atoms with Gasteiger partial charge in [-0.1, -0.05) is 12.8 Å². The number of aliphatic hydroxyl groups excluding tert-OH is 1. The van der Waals surface area contributed by atoms with Crippen molar-refractivity contribution < 1.29 is 5.11 Å². The minimum absolute atomic E-state index is 0.0556. The summed E-state index contributed by atoms with van der Waals surface area (Å²) in [7, 11) is 0.